The highest BCUT2D eigenvalue weighted by molar-refractivity contribution is 5.85. The number of hydrogen-bond acceptors (Lipinski definition) is 2. The van der Waals surface area contributed by atoms with Crippen LogP contribution in [0.1, 0.15) is 66.2 Å². The van der Waals surface area contributed by atoms with Crippen molar-refractivity contribution in [3.63, 3.8) is 0 Å². The van der Waals surface area contributed by atoms with Crippen LogP contribution in [0.5, 0.6) is 0 Å². The average Bonchev–Trinajstić information content (AvgIpc) is 2.38. The third-order valence-corrected chi connectivity index (χ3v) is 4.37. The maximum absolute atomic E-state index is 11.9. The number of halogens is 1. The van der Waals surface area contributed by atoms with E-state index in [1.165, 1.54) is 25.7 Å². The summed E-state index contributed by atoms with van der Waals surface area (Å²) in [6, 6.07) is 0. The van der Waals surface area contributed by atoms with E-state index >= 15 is 0 Å². The van der Waals surface area contributed by atoms with E-state index in [9.17, 15) is 4.79 Å². The molecule has 0 aromatic heterocycles. The normalized spacial score (nSPS) is 17.9. The van der Waals surface area contributed by atoms with E-state index in [2.05, 4.69) is 38.3 Å². The van der Waals surface area contributed by atoms with Crippen LogP contribution in [-0.2, 0) is 4.79 Å². The zero-order valence-corrected chi connectivity index (χ0v) is 15.2. The summed E-state index contributed by atoms with van der Waals surface area (Å²) in [6.07, 6.45) is 6.68. The minimum Gasteiger partial charge on any atom is -0.356 e. The topological polar surface area (TPSA) is 41.1 Å². The van der Waals surface area contributed by atoms with Crippen molar-refractivity contribution in [2.45, 2.75) is 66.2 Å². The second-order valence-electron chi connectivity index (χ2n) is 7.64. The Kier molecular flexibility index (Phi) is 10.3. The molecule has 21 heavy (non-hydrogen) atoms. The Balaban J connectivity index is 0.00000400. The first kappa shape index (κ1) is 20.7. The van der Waals surface area contributed by atoms with E-state index in [0.29, 0.717) is 17.8 Å². The van der Waals surface area contributed by atoms with Crippen LogP contribution in [0.4, 0.5) is 0 Å². The van der Waals surface area contributed by atoms with Crippen LogP contribution < -0.4 is 10.6 Å². The van der Waals surface area contributed by atoms with Crippen LogP contribution in [0.15, 0.2) is 0 Å². The third kappa shape index (κ3) is 10.1. The molecule has 1 amide bonds. The minimum atomic E-state index is 0. The van der Waals surface area contributed by atoms with Crippen molar-refractivity contribution in [2.75, 3.05) is 19.6 Å². The summed E-state index contributed by atoms with van der Waals surface area (Å²) in [5, 5.41) is 6.47. The van der Waals surface area contributed by atoms with Gasteiger partial charge in [0, 0.05) is 13.0 Å². The van der Waals surface area contributed by atoms with Crippen LogP contribution in [0, 0.1) is 17.3 Å². The summed E-state index contributed by atoms with van der Waals surface area (Å²) in [7, 11) is 0. The number of rotatable bonds is 7. The van der Waals surface area contributed by atoms with Gasteiger partial charge in [0.05, 0.1) is 0 Å². The Bertz CT molecular complexity index is 283. The highest BCUT2D eigenvalue weighted by Gasteiger charge is 2.21. The van der Waals surface area contributed by atoms with Gasteiger partial charge in [0.2, 0.25) is 5.91 Å². The second kappa shape index (κ2) is 10.4. The van der Waals surface area contributed by atoms with Gasteiger partial charge in [-0.15, -0.1) is 12.4 Å². The van der Waals surface area contributed by atoms with E-state index in [-0.39, 0.29) is 18.3 Å². The highest BCUT2D eigenvalue weighted by Crippen LogP contribution is 2.24. The van der Waals surface area contributed by atoms with Gasteiger partial charge in [-0.05, 0) is 56.0 Å². The zero-order chi connectivity index (χ0) is 15.0. The first-order valence-corrected chi connectivity index (χ1v) is 8.36. The molecule has 0 radical (unpaired) electrons. The summed E-state index contributed by atoms with van der Waals surface area (Å²) in [5.41, 5.74) is 0.410. The van der Waals surface area contributed by atoms with E-state index in [1.807, 2.05) is 0 Å². The standard InChI is InChI=1S/C17H34N2O.ClH/c1-14(15-7-11-18-12-8-15)13-16(20)19-10-6-5-9-17(2,3)4;/h14-15,18H,5-13H2,1-4H3,(H,19,20);1H. The molecule has 0 spiro atoms. The van der Waals surface area contributed by atoms with Crippen molar-refractivity contribution in [1.82, 2.24) is 10.6 Å². The van der Waals surface area contributed by atoms with Gasteiger partial charge in [-0.2, -0.15) is 0 Å². The number of carbonyl (C=O) groups excluding carboxylic acids is 1. The molecule has 0 saturated carbocycles. The maximum atomic E-state index is 11.9. The highest BCUT2D eigenvalue weighted by atomic mass is 35.5. The molecular weight excluding hydrogens is 284 g/mol. The number of hydrogen-bond donors (Lipinski definition) is 2. The minimum absolute atomic E-state index is 0. The average molecular weight is 319 g/mol. The molecule has 1 heterocycles. The largest absolute Gasteiger partial charge is 0.356 e. The quantitative estimate of drug-likeness (QED) is 0.702. The Morgan fingerprint density at radius 1 is 1.24 bits per heavy atom. The smallest absolute Gasteiger partial charge is 0.220 e. The van der Waals surface area contributed by atoms with Gasteiger partial charge in [0.15, 0.2) is 0 Å². The molecule has 0 aliphatic carbocycles. The van der Waals surface area contributed by atoms with Crippen LogP contribution in [0.3, 0.4) is 0 Å². The van der Waals surface area contributed by atoms with Gasteiger partial charge in [0.25, 0.3) is 0 Å². The van der Waals surface area contributed by atoms with Crippen LogP contribution in [0.25, 0.3) is 0 Å². The fourth-order valence-electron chi connectivity index (χ4n) is 2.95. The molecule has 0 bridgehead atoms. The van der Waals surface area contributed by atoms with E-state index in [1.54, 1.807) is 0 Å². The molecule has 1 fully saturated rings. The fourth-order valence-corrected chi connectivity index (χ4v) is 2.95. The predicted molar refractivity (Wildman–Crippen MR) is 92.9 cm³/mol. The lowest BCUT2D eigenvalue weighted by molar-refractivity contribution is -0.122. The van der Waals surface area contributed by atoms with Crippen LogP contribution in [0.2, 0.25) is 0 Å². The molecule has 0 aromatic carbocycles. The number of piperidine rings is 1. The molecule has 1 aliphatic heterocycles. The molecule has 1 saturated heterocycles. The summed E-state index contributed by atoms with van der Waals surface area (Å²) in [6.45, 7) is 12.1. The second-order valence-corrected chi connectivity index (χ2v) is 7.64. The predicted octanol–water partition coefficient (Wildman–Crippen LogP) is 3.77. The molecule has 1 unspecified atom stereocenters. The first-order valence-electron chi connectivity index (χ1n) is 8.36. The van der Waals surface area contributed by atoms with E-state index < -0.39 is 0 Å². The van der Waals surface area contributed by atoms with Crippen molar-refractivity contribution in [3.05, 3.63) is 0 Å². The first-order chi connectivity index (χ1) is 9.38. The third-order valence-electron chi connectivity index (χ3n) is 4.37. The Hall–Kier alpha value is -0.280. The summed E-state index contributed by atoms with van der Waals surface area (Å²) in [4.78, 5) is 11.9. The van der Waals surface area contributed by atoms with Crippen molar-refractivity contribution < 1.29 is 4.79 Å². The molecule has 1 atom stereocenters. The van der Waals surface area contributed by atoms with Gasteiger partial charge < -0.3 is 10.6 Å². The van der Waals surface area contributed by atoms with E-state index in [4.69, 9.17) is 0 Å². The molecule has 3 nitrogen and oxygen atoms in total. The summed E-state index contributed by atoms with van der Waals surface area (Å²) < 4.78 is 0. The summed E-state index contributed by atoms with van der Waals surface area (Å²) in [5.74, 6) is 1.49. The Morgan fingerprint density at radius 3 is 2.43 bits per heavy atom. The van der Waals surface area contributed by atoms with Gasteiger partial charge in [-0.3, -0.25) is 4.79 Å². The SMILES string of the molecule is CC(CC(=O)NCCCCC(C)(C)C)C1CCNCC1.Cl. The lowest BCUT2D eigenvalue weighted by Gasteiger charge is -2.27. The van der Waals surface area contributed by atoms with Crippen molar-refractivity contribution in [1.29, 1.82) is 0 Å². The van der Waals surface area contributed by atoms with Gasteiger partial charge in [-0.25, -0.2) is 0 Å². The van der Waals surface area contributed by atoms with Crippen LogP contribution >= 0.6 is 12.4 Å². The lowest BCUT2D eigenvalue weighted by atomic mass is 9.84. The molecule has 126 valence electrons. The molecule has 2 N–H and O–H groups in total. The lowest BCUT2D eigenvalue weighted by Crippen LogP contribution is -2.33. The number of nitrogens with one attached hydrogen (secondary N) is 2. The van der Waals surface area contributed by atoms with Crippen LogP contribution in [-0.4, -0.2) is 25.5 Å². The maximum Gasteiger partial charge on any atom is 0.220 e. The van der Waals surface area contributed by atoms with Gasteiger partial charge in [0.1, 0.15) is 0 Å². The monoisotopic (exact) mass is 318 g/mol. The molecule has 0 aromatic rings. The fraction of sp³-hybridized carbons (Fsp3) is 0.941. The molecular formula is C17H35ClN2O. The van der Waals surface area contributed by atoms with Crippen molar-refractivity contribution in [3.8, 4) is 0 Å². The molecule has 1 rings (SSSR count). The Labute approximate surface area is 137 Å². The summed E-state index contributed by atoms with van der Waals surface area (Å²) >= 11 is 0. The van der Waals surface area contributed by atoms with E-state index in [0.717, 1.165) is 32.0 Å². The number of carbonyl (C=O) groups is 1. The molecule has 1 aliphatic rings. The van der Waals surface area contributed by atoms with Crippen molar-refractivity contribution >= 4 is 18.3 Å². The number of unbranched alkanes of at least 4 members (excludes halogenated alkanes) is 1. The Morgan fingerprint density at radius 2 is 1.86 bits per heavy atom. The molecule has 4 heteroatoms. The number of amides is 1. The zero-order valence-electron chi connectivity index (χ0n) is 14.3. The van der Waals surface area contributed by atoms with Crippen molar-refractivity contribution in [2.24, 2.45) is 17.3 Å². The van der Waals surface area contributed by atoms with Gasteiger partial charge in [-0.1, -0.05) is 34.1 Å². The van der Waals surface area contributed by atoms with Gasteiger partial charge >= 0.3 is 0 Å².